The Kier molecular flexibility index (Phi) is 5.88. The van der Waals surface area contributed by atoms with Crippen LogP contribution in [-0.4, -0.2) is 48.9 Å². The van der Waals surface area contributed by atoms with Crippen molar-refractivity contribution >= 4 is 34.9 Å². The van der Waals surface area contributed by atoms with Crippen molar-refractivity contribution in [1.82, 2.24) is 10.3 Å². The van der Waals surface area contributed by atoms with Gasteiger partial charge in [0.05, 0.1) is 11.3 Å². The van der Waals surface area contributed by atoms with Crippen molar-refractivity contribution in [3.05, 3.63) is 47.2 Å². The summed E-state index contributed by atoms with van der Waals surface area (Å²) in [6, 6.07) is 9.44. The Morgan fingerprint density at radius 3 is 2.62 bits per heavy atom. The molecule has 0 atom stereocenters. The molecule has 174 valence electrons. The van der Waals surface area contributed by atoms with Crippen molar-refractivity contribution in [2.75, 3.05) is 41.3 Å². The first kappa shape index (κ1) is 21.9. The van der Waals surface area contributed by atoms with Crippen molar-refractivity contribution in [2.45, 2.75) is 32.1 Å². The van der Waals surface area contributed by atoms with E-state index in [0.717, 1.165) is 49.2 Å². The van der Waals surface area contributed by atoms with Crippen LogP contribution in [-0.2, 0) is 27.2 Å². The second-order valence-electron chi connectivity index (χ2n) is 9.02. The first-order chi connectivity index (χ1) is 16.5. The molecule has 0 spiro atoms. The number of nitrogens with zero attached hydrogens (tertiary/aromatic N) is 4. The molecule has 3 amide bonds. The smallest absolute Gasteiger partial charge is 0.313 e. The zero-order chi connectivity index (χ0) is 23.7. The second-order valence-corrected chi connectivity index (χ2v) is 9.02. The van der Waals surface area contributed by atoms with Gasteiger partial charge in [0.1, 0.15) is 11.9 Å². The van der Waals surface area contributed by atoms with Crippen molar-refractivity contribution in [3.8, 4) is 6.07 Å². The van der Waals surface area contributed by atoms with E-state index in [1.807, 2.05) is 17.0 Å². The fraction of sp³-hybridized carbons (Fsp3) is 0.400. The Morgan fingerprint density at radius 2 is 1.85 bits per heavy atom. The molecule has 2 aromatic rings. The summed E-state index contributed by atoms with van der Waals surface area (Å²) in [7, 11) is 0. The molecule has 1 aromatic heterocycles. The van der Waals surface area contributed by atoms with Gasteiger partial charge in [-0.05, 0) is 67.0 Å². The Balaban J connectivity index is 1.13. The average Bonchev–Trinajstić information content (AvgIpc) is 3.30. The monoisotopic (exact) mass is 458 g/mol. The number of nitriles is 1. The number of aryl methyl sites for hydroxylation is 1. The summed E-state index contributed by atoms with van der Waals surface area (Å²) in [5.41, 5.74) is 4.23. The van der Waals surface area contributed by atoms with Gasteiger partial charge in [0.25, 0.3) is 0 Å². The topological polar surface area (TPSA) is 118 Å². The minimum Gasteiger partial charge on any atom is -0.356 e. The Hall–Kier alpha value is -3.93. The summed E-state index contributed by atoms with van der Waals surface area (Å²) in [6.45, 7) is 2.60. The Bertz CT molecular complexity index is 1200. The van der Waals surface area contributed by atoms with E-state index in [9.17, 15) is 19.6 Å². The first-order valence-corrected chi connectivity index (χ1v) is 11.7. The van der Waals surface area contributed by atoms with Crippen LogP contribution in [0.5, 0.6) is 0 Å². The number of nitrogens with one attached hydrogen (secondary N) is 2. The number of rotatable bonds is 4. The average molecular weight is 459 g/mol. The maximum atomic E-state index is 12.5. The zero-order valence-corrected chi connectivity index (χ0v) is 18.8. The quantitative estimate of drug-likeness (QED) is 0.674. The minimum absolute atomic E-state index is 0.152. The predicted octanol–water partition coefficient (Wildman–Crippen LogP) is 1.76. The SMILES string of the molecule is N#Cc1cccnc1N1CCC(CNC(=O)C(=O)Nc2cc3c4c(c2)CCN4C(=O)CC3)CC1. The van der Waals surface area contributed by atoms with Crippen molar-refractivity contribution in [1.29, 1.82) is 5.26 Å². The molecule has 0 unspecified atom stereocenters. The molecular weight excluding hydrogens is 432 g/mol. The number of aromatic nitrogens is 1. The third-order valence-corrected chi connectivity index (χ3v) is 6.89. The van der Waals surface area contributed by atoms with Crippen LogP contribution in [0.25, 0.3) is 0 Å². The molecule has 9 heteroatoms. The molecule has 0 aliphatic carbocycles. The molecule has 0 radical (unpaired) electrons. The molecule has 1 saturated heterocycles. The largest absolute Gasteiger partial charge is 0.356 e. The third kappa shape index (κ3) is 4.19. The van der Waals surface area contributed by atoms with Gasteiger partial charge in [-0.15, -0.1) is 0 Å². The van der Waals surface area contributed by atoms with Gasteiger partial charge in [0.15, 0.2) is 0 Å². The second kappa shape index (κ2) is 9.14. The van der Waals surface area contributed by atoms with Crippen LogP contribution in [0, 0.1) is 17.2 Å². The highest BCUT2D eigenvalue weighted by Gasteiger charge is 2.32. The van der Waals surface area contributed by atoms with E-state index >= 15 is 0 Å². The molecule has 5 rings (SSSR count). The van der Waals surface area contributed by atoms with Crippen molar-refractivity contribution in [2.24, 2.45) is 5.92 Å². The lowest BCUT2D eigenvalue weighted by Gasteiger charge is -2.33. The van der Waals surface area contributed by atoms with E-state index < -0.39 is 11.8 Å². The molecule has 34 heavy (non-hydrogen) atoms. The number of amides is 3. The maximum Gasteiger partial charge on any atom is 0.313 e. The van der Waals surface area contributed by atoms with E-state index in [-0.39, 0.29) is 11.8 Å². The number of pyridine rings is 1. The van der Waals surface area contributed by atoms with Gasteiger partial charge in [-0.25, -0.2) is 4.98 Å². The number of anilines is 3. The molecular formula is C25H26N6O3. The Labute approximate surface area is 197 Å². The lowest BCUT2D eigenvalue weighted by Crippen LogP contribution is -2.42. The molecule has 3 aliphatic rings. The van der Waals surface area contributed by atoms with Gasteiger partial charge >= 0.3 is 11.8 Å². The van der Waals surface area contributed by atoms with Gasteiger partial charge in [0, 0.05) is 44.5 Å². The lowest BCUT2D eigenvalue weighted by molar-refractivity contribution is -0.136. The molecule has 4 heterocycles. The number of piperidine rings is 1. The molecule has 0 saturated carbocycles. The van der Waals surface area contributed by atoms with Gasteiger partial charge in [-0.3, -0.25) is 14.4 Å². The summed E-state index contributed by atoms with van der Waals surface area (Å²) in [6.07, 6.45) is 5.26. The number of carbonyl (C=O) groups excluding carboxylic acids is 3. The van der Waals surface area contributed by atoms with E-state index in [4.69, 9.17) is 0 Å². The highest BCUT2D eigenvalue weighted by atomic mass is 16.2. The fourth-order valence-electron chi connectivity index (χ4n) is 5.12. The summed E-state index contributed by atoms with van der Waals surface area (Å²) in [4.78, 5) is 45.3. The predicted molar refractivity (Wildman–Crippen MR) is 126 cm³/mol. The molecule has 1 aromatic carbocycles. The Morgan fingerprint density at radius 1 is 1.09 bits per heavy atom. The maximum absolute atomic E-state index is 12.5. The molecule has 2 N–H and O–H groups in total. The van der Waals surface area contributed by atoms with Crippen LogP contribution >= 0.6 is 0 Å². The molecule has 3 aliphatic heterocycles. The van der Waals surface area contributed by atoms with E-state index in [1.54, 1.807) is 18.3 Å². The van der Waals surface area contributed by atoms with Crippen LogP contribution in [0.3, 0.4) is 0 Å². The van der Waals surface area contributed by atoms with E-state index in [1.165, 1.54) is 0 Å². The standard InChI is InChI=1S/C25H26N6O3/c26-14-19-2-1-8-27-23(19)30-9-5-16(6-10-30)15-28-24(33)25(34)29-20-12-17-3-4-21(32)31-11-7-18(13-20)22(17)31/h1-2,8,12-13,16H,3-7,9-11,15H2,(H,28,33)(H,29,34). The number of carbonyl (C=O) groups is 3. The summed E-state index contributed by atoms with van der Waals surface area (Å²) in [5.74, 6) is -0.218. The fourth-order valence-corrected chi connectivity index (χ4v) is 5.12. The number of hydrogen-bond acceptors (Lipinski definition) is 6. The molecule has 9 nitrogen and oxygen atoms in total. The summed E-state index contributed by atoms with van der Waals surface area (Å²) >= 11 is 0. The van der Waals surface area contributed by atoms with Gasteiger partial charge in [0.2, 0.25) is 5.91 Å². The number of benzene rings is 1. The number of hydrogen-bond donors (Lipinski definition) is 2. The minimum atomic E-state index is -0.682. The molecule has 0 bridgehead atoms. The van der Waals surface area contributed by atoms with Crippen molar-refractivity contribution in [3.63, 3.8) is 0 Å². The third-order valence-electron chi connectivity index (χ3n) is 6.89. The zero-order valence-electron chi connectivity index (χ0n) is 18.8. The van der Waals surface area contributed by atoms with Crippen molar-refractivity contribution < 1.29 is 14.4 Å². The first-order valence-electron chi connectivity index (χ1n) is 11.7. The highest BCUT2D eigenvalue weighted by Crippen LogP contribution is 2.38. The van der Waals surface area contributed by atoms with Gasteiger partial charge < -0.3 is 20.4 Å². The van der Waals surface area contributed by atoms with Gasteiger partial charge in [-0.2, -0.15) is 5.26 Å². The van der Waals surface area contributed by atoms with Crippen LogP contribution in [0.1, 0.15) is 36.0 Å². The molecule has 1 fully saturated rings. The van der Waals surface area contributed by atoms with Crippen LogP contribution in [0.4, 0.5) is 17.2 Å². The van der Waals surface area contributed by atoms with E-state index in [0.29, 0.717) is 43.0 Å². The van der Waals surface area contributed by atoms with Crippen LogP contribution in [0.15, 0.2) is 30.5 Å². The normalized spacial score (nSPS) is 17.2. The van der Waals surface area contributed by atoms with Crippen LogP contribution < -0.4 is 20.4 Å². The highest BCUT2D eigenvalue weighted by molar-refractivity contribution is 6.39. The van der Waals surface area contributed by atoms with E-state index in [2.05, 4.69) is 26.6 Å². The van der Waals surface area contributed by atoms with Gasteiger partial charge in [-0.1, -0.05) is 0 Å². The summed E-state index contributed by atoms with van der Waals surface area (Å²) < 4.78 is 0. The summed E-state index contributed by atoms with van der Waals surface area (Å²) in [5, 5.41) is 14.8. The lowest BCUT2D eigenvalue weighted by atomic mass is 9.96. The van der Waals surface area contributed by atoms with Crippen LogP contribution in [0.2, 0.25) is 0 Å².